The van der Waals surface area contributed by atoms with Crippen LogP contribution in [0.15, 0.2) is 56.8 Å². The van der Waals surface area contributed by atoms with Gasteiger partial charge in [-0.15, -0.1) is 10.2 Å². The Hall–Kier alpha value is -2.57. The van der Waals surface area contributed by atoms with Crippen LogP contribution in [0.5, 0.6) is 0 Å². The normalized spacial score (nSPS) is 11.3. The van der Waals surface area contributed by atoms with E-state index < -0.39 is 0 Å². The second-order valence-corrected chi connectivity index (χ2v) is 8.06. The standard InChI is InChI=1S/C21H18ClN3O2S/c1-12-8-17-15(10-19(26)27-18(17)9-13(12)2)11-28-21-24-23-20(25(21)3)14-4-6-16(22)7-5-14/h4-10H,11H2,1-3H3. The zero-order chi connectivity index (χ0) is 19.8. The summed E-state index contributed by atoms with van der Waals surface area (Å²) in [6.07, 6.45) is 0. The highest BCUT2D eigenvalue weighted by Crippen LogP contribution is 2.29. The molecule has 7 heteroatoms. The molecule has 0 aliphatic rings. The molecule has 0 aliphatic carbocycles. The predicted octanol–water partition coefficient (Wildman–Crippen LogP) is 5.15. The molecule has 2 aromatic carbocycles. The minimum Gasteiger partial charge on any atom is -0.423 e. The third kappa shape index (κ3) is 3.57. The van der Waals surface area contributed by atoms with Crippen LogP contribution in [0.1, 0.15) is 16.7 Å². The highest BCUT2D eigenvalue weighted by atomic mass is 35.5. The van der Waals surface area contributed by atoms with Crippen LogP contribution >= 0.6 is 23.4 Å². The summed E-state index contributed by atoms with van der Waals surface area (Å²) in [6, 6.07) is 13.0. The minimum absolute atomic E-state index is 0.342. The van der Waals surface area contributed by atoms with Crippen LogP contribution in [0.2, 0.25) is 5.02 Å². The number of hydrogen-bond acceptors (Lipinski definition) is 5. The van der Waals surface area contributed by atoms with E-state index in [0.717, 1.165) is 38.6 Å². The molecule has 0 fully saturated rings. The van der Waals surface area contributed by atoms with Gasteiger partial charge in [0.25, 0.3) is 0 Å². The number of benzene rings is 2. The van der Waals surface area contributed by atoms with Crippen molar-refractivity contribution in [2.75, 3.05) is 0 Å². The summed E-state index contributed by atoms with van der Waals surface area (Å²) >= 11 is 7.50. The van der Waals surface area contributed by atoms with Gasteiger partial charge in [-0.2, -0.15) is 0 Å². The number of aryl methyl sites for hydroxylation is 2. The fraction of sp³-hybridized carbons (Fsp3) is 0.190. The average Bonchev–Trinajstić information content (AvgIpc) is 3.02. The first-order valence-corrected chi connectivity index (χ1v) is 10.1. The molecular formula is C21H18ClN3O2S. The van der Waals surface area contributed by atoms with Crippen LogP contribution in [0.3, 0.4) is 0 Å². The van der Waals surface area contributed by atoms with E-state index in [1.807, 2.05) is 48.9 Å². The van der Waals surface area contributed by atoms with E-state index in [1.54, 1.807) is 6.07 Å². The van der Waals surface area contributed by atoms with Crippen molar-refractivity contribution in [3.63, 3.8) is 0 Å². The summed E-state index contributed by atoms with van der Waals surface area (Å²) in [5.41, 5.74) is 4.41. The summed E-state index contributed by atoms with van der Waals surface area (Å²) in [7, 11) is 1.93. The molecule has 2 aromatic heterocycles. The van der Waals surface area contributed by atoms with Crippen molar-refractivity contribution in [1.29, 1.82) is 0 Å². The molecule has 4 aromatic rings. The average molecular weight is 412 g/mol. The first-order valence-electron chi connectivity index (χ1n) is 8.74. The van der Waals surface area contributed by atoms with Crippen molar-refractivity contribution < 1.29 is 4.42 Å². The van der Waals surface area contributed by atoms with Crippen LogP contribution in [-0.2, 0) is 12.8 Å². The molecule has 0 spiro atoms. The summed E-state index contributed by atoms with van der Waals surface area (Å²) in [5, 5.41) is 11.0. The molecule has 0 atom stereocenters. The van der Waals surface area contributed by atoms with Crippen molar-refractivity contribution in [1.82, 2.24) is 14.8 Å². The first kappa shape index (κ1) is 18.8. The van der Waals surface area contributed by atoms with Gasteiger partial charge >= 0.3 is 5.63 Å². The Bertz CT molecular complexity index is 1230. The van der Waals surface area contributed by atoms with Gasteiger partial charge in [0.15, 0.2) is 11.0 Å². The number of hydrogen-bond donors (Lipinski definition) is 0. The van der Waals surface area contributed by atoms with Gasteiger partial charge in [0.05, 0.1) is 0 Å². The van der Waals surface area contributed by atoms with Gasteiger partial charge < -0.3 is 8.98 Å². The molecule has 0 unspecified atom stereocenters. The first-order chi connectivity index (χ1) is 13.4. The Morgan fingerprint density at radius 1 is 1.07 bits per heavy atom. The predicted molar refractivity (Wildman–Crippen MR) is 113 cm³/mol. The van der Waals surface area contributed by atoms with Crippen LogP contribution in [-0.4, -0.2) is 14.8 Å². The minimum atomic E-state index is -0.342. The van der Waals surface area contributed by atoms with Gasteiger partial charge in [-0.1, -0.05) is 23.4 Å². The molecule has 0 N–H and O–H groups in total. The third-order valence-corrected chi connectivity index (χ3v) is 6.06. The Balaban J connectivity index is 1.64. The molecule has 0 aliphatic heterocycles. The lowest BCUT2D eigenvalue weighted by Crippen LogP contribution is -2.01. The zero-order valence-corrected chi connectivity index (χ0v) is 17.3. The third-order valence-electron chi connectivity index (χ3n) is 4.74. The number of thioether (sulfide) groups is 1. The molecule has 0 saturated carbocycles. The molecule has 5 nitrogen and oxygen atoms in total. The fourth-order valence-corrected chi connectivity index (χ4v) is 4.06. The number of fused-ring (bicyclic) bond motifs is 1. The van der Waals surface area contributed by atoms with Gasteiger partial charge in [-0.3, -0.25) is 0 Å². The van der Waals surface area contributed by atoms with E-state index in [2.05, 4.69) is 23.2 Å². The van der Waals surface area contributed by atoms with Gasteiger partial charge in [-0.05, 0) is 66.9 Å². The number of nitrogens with zero attached hydrogens (tertiary/aromatic N) is 3. The molecule has 4 rings (SSSR count). The van der Waals surface area contributed by atoms with Gasteiger partial charge in [0, 0.05) is 34.8 Å². The maximum Gasteiger partial charge on any atom is 0.336 e. The highest BCUT2D eigenvalue weighted by Gasteiger charge is 2.13. The van der Waals surface area contributed by atoms with Crippen molar-refractivity contribution in [3.05, 3.63) is 74.6 Å². The summed E-state index contributed by atoms with van der Waals surface area (Å²) in [5.74, 6) is 1.36. The van der Waals surface area contributed by atoms with E-state index in [1.165, 1.54) is 11.8 Å². The summed E-state index contributed by atoms with van der Waals surface area (Å²) in [4.78, 5) is 12.0. The van der Waals surface area contributed by atoms with Crippen molar-refractivity contribution in [2.24, 2.45) is 7.05 Å². The Morgan fingerprint density at radius 2 is 1.79 bits per heavy atom. The van der Waals surface area contributed by atoms with Gasteiger partial charge in [0.1, 0.15) is 5.58 Å². The van der Waals surface area contributed by atoms with Crippen molar-refractivity contribution in [3.8, 4) is 11.4 Å². The lowest BCUT2D eigenvalue weighted by Gasteiger charge is -2.08. The van der Waals surface area contributed by atoms with Crippen LogP contribution in [0.4, 0.5) is 0 Å². The molecule has 142 valence electrons. The largest absolute Gasteiger partial charge is 0.423 e. The van der Waals surface area contributed by atoms with Crippen molar-refractivity contribution in [2.45, 2.75) is 24.8 Å². The number of aromatic nitrogens is 3. The molecule has 2 heterocycles. The Kier molecular flexibility index (Phi) is 5.00. The number of halogens is 1. The monoisotopic (exact) mass is 411 g/mol. The van der Waals surface area contributed by atoms with E-state index >= 15 is 0 Å². The molecule has 0 bridgehead atoms. The van der Waals surface area contributed by atoms with E-state index in [-0.39, 0.29) is 5.63 Å². The van der Waals surface area contributed by atoms with Gasteiger partial charge in [-0.25, -0.2) is 4.79 Å². The maximum absolute atomic E-state index is 12.0. The van der Waals surface area contributed by atoms with Gasteiger partial charge in [0.2, 0.25) is 0 Å². The smallest absolute Gasteiger partial charge is 0.336 e. The maximum atomic E-state index is 12.0. The molecular weight excluding hydrogens is 394 g/mol. The van der Waals surface area contributed by atoms with E-state index in [9.17, 15) is 4.79 Å². The summed E-state index contributed by atoms with van der Waals surface area (Å²) in [6.45, 7) is 4.06. The van der Waals surface area contributed by atoms with E-state index in [0.29, 0.717) is 16.4 Å². The van der Waals surface area contributed by atoms with Crippen molar-refractivity contribution >= 4 is 34.3 Å². The Morgan fingerprint density at radius 3 is 2.54 bits per heavy atom. The Labute approximate surface area is 171 Å². The lowest BCUT2D eigenvalue weighted by molar-refractivity contribution is 0.559. The topological polar surface area (TPSA) is 60.9 Å². The summed E-state index contributed by atoms with van der Waals surface area (Å²) < 4.78 is 7.32. The lowest BCUT2D eigenvalue weighted by atomic mass is 10.0. The molecule has 0 radical (unpaired) electrons. The SMILES string of the molecule is Cc1cc2oc(=O)cc(CSc3nnc(-c4ccc(Cl)cc4)n3C)c2cc1C. The number of rotatable bonds is 4. The quantitative estimate of drug-likeness (QED) is 0.343. The van der Waals surface area contributed by atoms with Crippen LogP contribution in [0.25, 0.3) is 22.4 Å². The molecule has 28 heavy (non-hydrogen) atoms. The fourth-order valence-electron chi connectivity index (χ4n) is 3.04. The van der Waals surface area contributed by atoms with E-state index in [4.69, 9.17) is 16.0 Å². The highest BCUT2D eigenvalue weighted by molar-refractivity contribution is 7.98. The second kappa shape index (κ2) is 7.45. The van der Waals surface area contributed by atoms with Crippen LogP contribution in [0, 0.1) is 13.8 Å². The van der Waals surface area contributed by atoms with Crippen LogP contribution < -0.4 is 5.63 Å². The molecule has 0 saturated heterocycles. The molecule has 0 amide bonds. The zero-order valence-electron chi connectivity index (χ0n) is 15.7. The second-order valence-electron chi connectivity index (χ2n) is 6.68.